The van der Waals surface area contributed by atoms with Gasteiger partial charge in [0.15, 0.2) is 0 Å². The fourth-order valence-electron chi connectivity index (χ4n) is 0.944. The summed E-state index contributed by atoms with van der Waals surface area (Å²) in [6.45, 7) is 4.98. The van der Waals surface area contributed by atoms with Gasteiger partial charge in [-0.15, -0.1) is 0 Å². The number of anilines is 1. The Hall–Kier alpha value is 0.330. The van der Waals surface area contributed by atoms with Crippen molar-refractivity contribution in [3.63, 3.8) is 0 Å². The molecule has 0 heterocycles. The van der Waals surface area contributed by atoms with Gasteiger partial charge in [-0.2, -0.15) is 12.6 Å². The zero-order valence-electron chi connectivity index (χ0n) is 8.14. The molecule has 1 aromatic rings. The normalized spacial score (nSPS) is 11.5. The molecule has 0 fully saturated rings. The van der Waals surface area contributed by atoms with E-state index < -0.39 is 0 Å². The molecule has 0 saturated heterocycles. The molecule has 1 N–H and O–H groups in total. The van der Waals surface area contributed by atoms with Gasteiger partial charge in [0.25, 0.3) is 0 Å². The number of hydrogen-bond acceptors (Lipinski definition) is 2. The lowest BCUT2D eigenvalue weighted by molar-refractivity contribution is 0.757. The second-order valence-electron chi connectivity index (χ2n) is 3.79. The maximum Gasteiger partial charge on any atom is 0.0496 e. The summed E-state index contributed by atoms with van der Waals surface area (Å²) >= 11 is 11.4. The lowest BCUT2D eigenvalue weighted by Crippen LogP contribution is -2.23. The third-order valence-electron chi connectivity index (χ3n) is 1.64. The molecule has 0 atom stereocenters. The first-order valence-electron chi connectivity index (χ1n) is 4.30. The van der Waals surface area contributed by atoms with Crippen LogP contribution in [0.5, 0.6) is 0 Å². The number of hydrogen-bond donors (Lipinski definition) is 2. The average molecular weight is 339 g/mol. The predicted octanol–water partition coefficient (Wildman–Crippen LogP) is 4.33. The molecule has 14 heavy (non-hydrogen) atoms. The fraction of sp³-hybridized carbons (Fsp3) is 0.400. The minimum atomic E-state index is -0.0121. The zero-order chi connectivity index (χ0) is 10.8. The lowest BCUT2D eigenvalue weighted by atomic mass is 10.2. The minimum Gasteiger partial charge on any atom is -0.383 e. The maximum atomic E-state index is 4.46. The largest absolute Gasteiger partial charge is 0.383 e. The van der Waals surface area contributed by atoms with E-state index >= 15 is 0 Å². The molecule has 78 valence electrons. The fourth-order valence-corrected chi connectivity index (χ4v) is 1.77. The van der Waals surface area contributed by atoms with E-state index in [1.165, 1.54) is 0 Å². The number of nitrogens with one attached hydrogen (secondary N) is 1. The second-order valence-corrected chi connectivity index (χ2v) is 6.77. The van der Waals surface area contributed by atoms with Crippen molar-refractivity contribution in [1.82, 2.24) is 0 Å². The van der Waals surface area contributed by atoms with Crippen LogP contribution in [-0.2, 0) is 0 Å². The van der Waals surface area contributed by atoms with Crippen molar-refractivity contribution in [2.24, 2.45) is 0 Å². The molecule has 0 spiro atoms. The van der Waals surface area contributed by atoms with Gasteiger partial charge >= 0.3 is 0 Å². The van der Waals surface area contributed by atoms with Crippen molar-refractivity contribution in [1.29, 1.82) is 0 Å². The van der Waals surface area contributed by atoms with Crippen molar-refractivity contribution in [2.75, 3.05) is 11.9 Å². The topological polar surface area (TPSA) is 12.0 Å². The number of benzene rings is 1. The molecule has 1 aromatic carbocycles. The Morgan fingerprint density at radius 1 is 1.36 bits per heavy atom. The molecular weight excluding hydrogens is 326 g/mol. The maximum absolute atomic E-state index is 4.46. The average Bonchev–Trinajstić information content (AvgIpc) is 2.05. The number of halogens is 2. The highest BCUT2D eigenvalue weighted by molar-refractivity contribution is 9.11. The van der Waals surface area contributed by atoms with E-state index in [-0.39, 0.29) is 4.75 Å². The minimum absolute atomic E-state index is 0.0121. The molecule has 0 bridgehead atoms. The van der Waals surface area contributed by atoms with Crippen molar-refractivity contribution < 1.29 is 0 Å². The number of rotatable bonds is 3. The van der Waals surface area contributed by atoms with Crippen LogP contribution in [0.3, 0.4) is 0 Å². The summed E-state index contributed by atoms with van der Waals surface area (Å²) in [5, 5.41) is 3.34. The predicted molar refractivity (Wildman–Crippen MR) is 73.4 cm³/mol. The molecule has 4 heteroatoms. The summed E-state index contributed by atoms with van der Waals surface area (Å²) in [5.74, 6) is 0. The van der Waals surface area contributed by atoms with Crippen LogP contribution in [0.1, 0.15) is 13.8 Å². The first kappa shape index (κ1) is 12.4. The summed E-state index contributed by atoms with van der Waals surface area (Å²) in [7, 11) is 0. The Morgan fingerprint density at radius 3 is 2.57 bits per heavy atom. The second kappa shape index (κ2) is 4.90. The van der Waals surface area contributed by atoms with E-state index in [9.17, 15) is 0 Å². The van der Waals surface area contributed by atoms with Crippen molar-refractivity contribution >= 4 is 50.2 Å². The molecule has 1 nitrogen and oxygen atoms in total. The van der Waals surface area contributed by atoms with Gasteiger partial charge in [0.2, 0.25) is 0 Å². The summed E-state index contributed by atoms with van der Waals surface area (Å²) in [4.78, 5) is 0. The van der Waals surface area contributed by atoms with E-state index in [2.05, 4.69) is 63.7 Å². The Kier molecular flexibility index (Phi) is 4.34. The highest BCUT2D eigenvalue weighted by Crippen LogP contribution is 2.27. The first-order valence-corrected chi connectivity index (χ1v) is 6.33. The smallest absolute Gasteiger partial charge is 0.0496 e. The quantitative estimate of drug-likeness (QED) is 0.781. The van der Waals surface area contributed by atoms with Crippen molar-refractivity contribution in [3.05, 3.63) is 27.1 Å². The van der Waals surface area contributed by atoms with Gasteiger partial charge in [-0.05, 0) is 48.0 Å². The van der Waals surface area contributed by atoms with Crippen LogP contribution in [0, 0.1) is 0 Å². The summed E-state index contributed by atoms with van der Waals surface area (Å²) < 4.78 is 2.13. The van der Waals surface area contributed by atoms with Crippen LogP contribution in [0.4, 0.5) is 5.69 Å². The molecule has 0 unspecified atom stereocenters. The van der Waals surface area contributed by atoms with E-state index in [0.29, 0.717) is 0 Å². The first-order chi connectivity index (χ1) is 6.38. The zero-order valence-corrected chi connectivity index (χ0v) is 12.2. The van der Waals surface area contributed by atoms with E-state index in [0.717, 1.165) is 21.2 Å². The highest BCUT2D eigenvalue weighted by Gasteiger charge is 2.11. The third-order valence-corrected chi connectivity index (χ3v) is 2.98. The van der Waals surface area contributed by atoms with Crippen molar-refractivity contribution in [2.45, 2.75) is 18.6 Å². The highest BCUT2D eigenvalue weighted by atomic mass is 79.9. The summed E-state index contributed by atoms with van der Waals surface area (Å²) in [6.07, 6.45) is 0. The molecule has 0 aromatic heterocycles. The van der Waals surface area contributed by atoms with Crippen LogP contribution in [-0.4, -0.2) is 11.3 Å². The Morgan fingerprint density at radius 2 is 2.00 bits per heavy atom. The van der Waals surface area contributed by atoms with E-state index in [1.54, 1.807) is 0 Å². The van der Waals surface area contributed by atoms with Gasteiger partial charge in [-0.25, -0.2) is 0 Å². The van der Waals surface area contributed by atoms with Gasteiger partial charge in [-0.1, -0.05) is 15.9 Å². The molecule has 0 aliphatic rings. The van der Waals surface area contributed by atoms with Gasteiger partial charge < -0.3 is 5.32 Å². The molecule has 0 amide bonds. The summed E-state index contributed by atoms with van der Waals surface area (Å²) in [6, 6.07) is 6.06. The third kappa shape index (κ3) is 4.24. The van der Waals surface area contributed by atoms with E-state index in [1.807, 2.05) is 18.2 Å². The lowest BCUT2D eigenvalue weighted by Gasteiger charge is -2.19. The van der Waals surface area contributed by atoms with Crippen LogP contribution in [0.2, 0.25) is 0 Å². The van der Waals surface area contributed by atoms with Gasteiger partial charge in [0.1, 0.15) is 0 Å². The van der Waals surface area contributed by atoms with Crippen LogP contribution >= 0.6 is 44.5 Å². The molecule has 0 aliphatic heterocycles. The van der Waals surface area contributed by atoms with Gasteiger partial charge in [-0.3, -0.25) is 0 Å². The van der Waals surface area contributed by atoms with Crippen LogP contribution in [0.15, 0.2) is 27.1 Å². The Balaban J connectivity index is 2.72. The standard InChI is InChI=1S/C10H13Br2NS/c1-10(2,14)6-13-9-5-7(11)3-4-8(9)12/h3-5,13-14H,6H2,1-2H3. The monoisotopic (exact) mass is 337 g/mol. The SMILES string of the molecule is CC(C)(S)CNc1cc(Br)ccc1Br. The van der Waals surface area contributed by atoms with Crippen LogP contribution < -0.4 is 5.32 Å². The molecule has 1 rings (SSSR count). The van der Waals surface area contributed by atoms with Crippen molar-refractivity contribution in [3.8, 4) is 0 Å². The molecule has 0 aliphatic carbocycles. The summed E-state index contributed by atoms with van der Waals surface area (Å²) in [5.41, 5.74) is 1.08. The number of thiol groups is 1. The molecule has 0 saturated carbocycles. The van der Waals surface area contributed by atoms with Crippen LogP contribution in [0.25, 0.3) is 0 Å². The molecule has 0 radical (unpaired) electrons. The van der Waals surface area contributed by atoms with Gasteiger partial charge in [0, 0.05) is 25.9 Å². The van der Waals surface area contributed by atoms with Gasteiger partial charge in [0.05, 0.1) is 0 Å². The Bertz CT molecular complexity index is 320. The Labute approximate surface area is 107 Å². The molecular formula is C10H13Br2NS. The van der Waals surface area contributed by atoms with E-state index in [4.69, 9.17) is 0 Å².